The van der Waals surface area contributed by atoms with Crippen molar-refractivity contribution in [3.63, 3.8) is 0 Å². The van der Waals surface area contributed by atoms with E-state index in [1.165, 1.54) is 16.9 Å². The summed E-state index contributed by atoms with van der Waals surface area (Å²) >= 11 is 1.70. The monoisotopic (exact) mass is 402 g/mol. The Morgan fingerprint density at radius 3 is 2.55 bits per heavy atom. The van der Waals surface area contributed by atoms with Crippen LogP contribution in [0.15, 0.2) is 59.4 Å². The summed E-state index contributed by atoms with van der Waals surface area (Å²) < 4.78 is 7.13. The lowest BCUT2D eigenvalue weighted by atomic mass is 9.97. The highest BCUT2D eigenvalue weighted by molar-refractivity contribution is 7.18. The number of aryl methyl sites for hydroxylation is 2. The van der Waals surface area contributed by atoms with E-state index in [-0.39, 0.29) is 5.56 Å². The summed E-state index contributed by atoms with van der Waals surface area (Å²) in [5, 5.41) is 0.831. The van der Waals surface area contributed by atoms with Crippen LogP contribution in [-0.2, 0) is 19.4 Å². The average molecular weight is 403 g/mol. The van der Waals surface area contributed by atoms with Crippen LogP contribution in [-0.4, -0.2) is 16.7 Å². The fourth-order valence-corrected chi connectivity index (χ4v) is 5.36. The van der Waals surface area contributed by atoms with Gasteiger partial charge in [-0.3, -0.25) is 9.36 Å². The molecule has 0 saturated carbocycles. The van der Waals surface area contributed by atoms with E-state index < -0.39 is 0 Å². The van der Waals surface area contributed by atoms with Gasteiger partial charge in [0.2, 0.25) is 0 Å². The Labute approximate surface area is 173 Å². The fourth-order valence-electron chi connectivity index (χ4n) is 4.11. The van der Waals surface area contributed by atoms with Crippen LogP contribution >= 0.6 is 11.3 Å². The number of fused-ring (bicyclic) bond motifs is 3. The number of benzene rings is 2. The third-order valence-corrected chi connectivity index (χ3v) is 6.79. The predicted molar refractivity (Wildman–Crippen MR) is 118 cm³/mol. The van der Waals surface area contributed by atoms with Gasteiger partial charge in [-0.1, -0.05) is 30.3 Å². The first-order valence-electron chi connectivity index (χ1n) is 9.98. The van der Waals surface area contributed by atoms with Crippen LogP contribution in [0.4, 0.5) is 0 Å². The molecule has 5 heteroatoms. The zero-order chi connectivity index (χ0) is 19.8. The van der Waals surface area contributed by atoms with Gasteiger partial charge < -0.3 is 4.74 Å². The van der Waals surface area contributed by atoms with Crippen LogP contribution in [0.2, 0.25) is 0 Å². The van der Waals surface area contributed by atoms with E-state index in [1.807, 2.05) is 47.0 Å². The highest BCUT2D eigenvalue weighted by Crippen LogP contribution is 2.35. The maximum absolute atomic E-state index is 13.7. The summed E-state index contributed by atoms with van der Waals surface area (Å²) in [6.07, 6.45) is 4.40. The summed E-state index contributed by atoms with van der Waals surface area (Å²) in [6, 6.07) is 17.9. The van der Waals surface area contributed by atoms with E-state index in [4.69, 9.17) is 9.72 Å². The van der Waals surface area contributed by atoms with E-state index >= 15 is 0 Å². The zero-order valence-corrected chi connectivity index (χ0v) is 17.2. The number of hydrogen-bond acceptors (Lipinski definition) is 4. The Kier molecular flexibility index (Phi) is 4.68. The van der Waals surface area contributed by atoms with Crippen molar-refractivity contribution < 1.29 is 4.74 Å². The summed E-state index contributed by atoms with van der Waals surface area (Å²) in [4.78, 5) is 20.9. The molecule has 4 nitrogen and oxygen atoms in total. The molecule has 0 spiro atoms. The summed E-state index contributed by atoms with van der Waals surface area (Å²) in [5.74, 6) is 1.51. The van der Waals surface area contributed by atoms with Crippen molar-refractivity contribution in [1.82, 2.24) is 9.55 Å². The topological polar surface area (TPSA) is 44.1 Å². The first-order valence-corrected chi connectivity index (χ1v) is 10.8. The third-order valence-electron chi connectivity index (χ3n) is 5.61. The van der Waals surface area contributed by atoms with Gasteiger partial charge in [0.25, 0.3) is 5.56 Å². The minimum Gasteiger partial charge on any atom is -0.497 e. The number of methoxy groups -OCH3 is 1. The van der Waals surface area contributed by atoms with Gasteiger partial charge in [0.1, 0.15) is 16.4 Å². The van der Waals surface area contributed by atoms with Crippen molar-refractivity contribution in [3.8, 4) is 17.1 Å². The number of thiophene rings is 1. The lowest BCUT2D eigenvalue weighted by Crippen LogP contribution is -2.24. The smallest absolute Gasteiger partial charge is 0.263 e. The van der Waals surface area contributed by atoms with E-state index in [0.717, 1.165) is 46.4 Å². The van der Waals surface area contributed by atoms with E-state index in [9.17, 15) is 4.79 Å². The zero-order valence-electron chi connectivity index (χ0n) is 16.4. The molecule has 1 aliphatic rings. The molecule has 0 aliphatic heterocycles. The highest BCUT2D eigenvalue weighted by atomic mass is 32.1. The molecular formula is C24H22N2O2S. The molecule has 29 heavy (non-hydrogen) atoms. The predicted octanol–water partition coefficient (Wildman–Crippen LogP) is 5.06. The van der Waals surface area contributed by atoms with E-state index in [0.29, 0.717) is 12.4 Å². The van der Waals surface area contributed by atoms with Crippen molar-refractivity contribution in [2.45, 2.75) is 32.2 Å². The van der Waals surface area contributed by atoms with Crippen LogP contribution in [0.5, 0.6) is 5.75 Å². The third kappa shape index (κ3) is 3.25. The quantitative estimate of drug-likeness (QED) is 0.479. The van der Waals surface area contributed by atoms with Crippen molar-refractivity contribution in [3.05, 3.63) is 81.0 Å². The normalized spacial score (nSPS) is 13.4. The second kappa shape index (κ2) is 7.48. The summed E-state index contributed by atoms with van der Waals surface area (Å²) in [7, 11) is 1.65. The molecule has 0 atom stereocenters. The minimum absolute atomic E-state index is 0.0732. The standard InChI is InChI=1S/C24H22N2O2S/c1-28-18-13-11-17(12-14-18)22-25-23-21(19-9-5-6-10-20(19)29-23)24(27)26(22)15-16-7-3-2-4-8-16/h2-4,7-8,11-14H,5-6,9-10,15H2,1H3. The maximum atomic E-state index is 13.7. The minimum atomic E-state index is 0.0732. The Bertz CT molecular complexity index is 1220. The largest absolute Gasteiger partial charge is 0.497 e. The Morgan fingerprint density at radius 2 is 1.79 bits per heavy atom. The Morgan fingerprint density at radius 1 is 1.03 bits per heavy atom. The Hall–Kier alpha value is -2.92. The van der Waals surface area contributed by atoms with Gasteiger partial charge in [0, 0.05) is 10.4 Å². The molecule has 2 heterocycles. The van der Waals surface area contributed by atoms with Gasteiger partial charge in [0.15, 0.2) is 0 Å². The number of rotatable bonds is 4. The van der Waals surface area contributed by atoms with E-state index in [2.05, 4.69) is 12.1 Å². The lowest BCUT2D eigenvalue weighted by molar-refractivity contribution is 0.415. The van der Waals surface area contributed by atoms with Crippen molar-refractivity contribution in [2.75, 3.05) is 7.11 Å². The number of aromatic nitrogens is 2. The molecule has 146 valence electrons. The molecule has 4 aromatic rings. The fraction of sp³-hybridized carbons (Fsp3) is 0.250. The molecule has 0 bridgehead atoms. The SMILES string of the molecule is COc1ccc(-c2nc3sc4c(c3c(=O)n2Cc2ccccc2)CCCC4)cc1. The molecule has 2 aromatic heterocycles. The molecule has 0 unspecified atom stereocenters. The van der Waals surface area contributed by atoms with Crippen molar-refractivity contribution >= 4 is 21.6 Å². The number of nitrogens with zero attached hydrogens (tertiary/aromatic N) is 2. The molecule has 5 rings (SSSR count). The molecule has 2 aromatic carbocycles. The van der Waals surface area contributed by atoms with Crippen LogP contribution in [0.25, 0.3) is 21.6 Å². The lowest BCUT2D eigenvalue weighted by Gasteiger charge is -2.14. The van der Waals surface area contributed by atoms with Gasteiger partial charge in [0.05, 0.1) is 19.0 Å². The van der Waals surface area contributed by atoms with Crippen LogP contribution in [0.1, 0.15) is 28.8 Å². The number of ether oxygens (including phenoxy) is 1. The molecular weight excluding hydrogens is 380 g/mol. The van der Waals surface area contributed by atoms with Gasteiger partial charge in [-0.25, -0.2) is 4.98 Å². The van der Waals surface area contributed by atoms with Gasteiger partial charge in [-0.2, -0.15) is 0 Å². The first kappa shape index (κ1) is 18.1. The Balaban J connectivity index is 1.75. The maximum Gasteiger partial charge on any atom is 0.263 e. The van der Waals surface area contributed by atoms with Gasteiger partial charge in [-0.15, -0.1) is 11.3 Å². The molecule has 0 fully saturated rings. The number of hydrogen-bond donors (Lipinski definition) is 0. The highest BCUT2D eigenvalue weighted by Gasteiger charge is 2.22. The second-order valence-electron chi connectivity index (χ2n) is 7.43. The van der Waals surface area contributed by atoms with Crippen LogP contribution in [0.3, 0.4) is 0 Å². The summed E-state index contributed by atoms with van der Waals surface area (Å²) in [5.41, 5.74) is 3.32. The van der Waals surface area contributed by atoms with Gasteiger partial charge >= 0.3 is 0 Å². The summed E-state index contributed by atoms with van der Waals surface area (Å²) in [6.45, 7) is 0.509. The molecule has 0 saturated heterocycles. The van der Waals surface area contributed by atoms with Crippen molar-refractivity contribution in [2.24, 2.45) is 0 Å². The second-order valence-corrected chi connectivity index (χ2v) is 8.52. The molecule has 0 N–H and O–H groups in total. The van der Waals surface area contributed by atoms with Crippen LogP contribution in [0, 0.1) is 0 Å². The van der Waals surface area contributed by atoms with Gasteiger partial charge in [-0.05, 0) is 61.1 Å². The van der Waals surface area contributed by atoms with Crippen LogP contribution < -0.4 is 10.3 Å². The van der Waals surface area contributed by atoms with Crippen molar-refractivity contribution in [1.29, 1.82) is 0 Å². The van der Waals surface area contributed by atoms with E-state index in [1.54, 1.807) is 18.4 Å². The average Bonchev–Trinajstić information content (AvgIpc) is 3.15. The molecule has 0 radical (unpaired) electrons. The first-order chi connectivity index (χ1) is 14.2. The molecule has 0 amide bonds. The molecule has 1 aliphatic carbocycles.